The zero-order chi connectivity index (χ0) is 22.6. The smallest absolute Gasteiger partial charge is 0.258 e. The summed E-state index contributed by atoms with van der Waals surface area (Å²) in [5.41, 5.74) is 4.44. The molecular formula is C26H17ClN4O2. The van der Waals surface area contributed by atoms with E-state index in [0.29, 0.717) is 23.0 Å². The molecule has 0 spiro atoms. The van der Waals surface area contributed by atoms with E-state index in [1.165, 1.54) is 0 Å². The zero-order valence-corrected chi connectivity index (χ0v) is 18.0. The maximum Gasteiger partial charge on any atom is 0.258 e. The minimum Gasteiger partial charge on any atom is -0.416 e. The second-order valence-corrected chi connectivity index (χ2v) is 7.56. The number of hydrogen-bond donors (Lipinski definition) is 1. The fourth-order valence-electron chi connectivity index (χ4n) is 3.42. The van der Waals surface area contributed by atoms with E-state index >= 15 is 0 Å². The van der Waals surface area contributed by atoms with Crippen LogP contribution >= 0.6 is 11.6 Å². The van der Waals surface area contributed by atoms with Gasteiger partial charge in [0.1, 0.15) is 5.15 Å². The molecule has 0 aliphatic rings. The molecule has 2 heterocycles. The van der Waals surface area contributed by atoms with Gasteiger partial charge in [-0.25, -0.2) is 4.98 Å². The number of halogens is 1. The van der Waals surface area contributed by atoms with Gasteiger partial charge in [0.25, 0.3) is 5.91 Å². The fraction of sp³-hybridized carbons (Fsp3) is 0. The van der Waals surface area contributed by atoms with Gasteiger partial charge in [-0.3, -0.25) is 4.79 Å². The largest absolute Gasteiger partial charge is 0.416 e. The molecule has 0 aliphatic heterocycles. The van der Waals surface area contributed by atoms with E-state index in [4.69, 9.17) is 16.0 Å². The average molecular weight is 453 g/mol. The number of amides is 1. The lowest BCUT2D eigenvalue weighted by Crippen LogP contribution is -2.13. The quantitative estimate of drug-likeness (QED) is 0.313. The van der Waals surface area contributed by atoms with Crippen LogP contribution in [0.3, 0.4) is 0 Å². The Kier molecular flexibility index (Phi) is 5.66. The van der Waals surface area contributed by atoms with E-state index in [9.17, 15) is 4.79 Å². The van der Waals surface area contributed by atoms with Crippen LogP contribution < -0.4 is 5.32 Å². The van der Waals surface area contributed by atoms with Gasteiger partial charge in [0.05, 0.1) is 5.56 Å². The lowest BCUT2D eigenvalue weighted by molar-refractivity contribution is 0.102. The van der Waals surface area contributed by atoms with Crippen LogP contribution in [-0.2, 0) is 0 Å². The van der Waals surface area contributed by atoms with Crippen molar-refractivity contribution in [3.63, 3.8) is 0 Å². The van der Waals surface area contributed by atoms with Crippen LogP contribution in [0, 0.1) is 0 Å². The van der Waals surface area contributed by atoms with Gasteiger partial charge in [-0.15, -0.1) is 10.2 Å². The van der Waals surface area contributed by atoms with Gasteiger partial charge < -0.3 is 9.73 Å². The maximum atomic E-state index is 12.7. The normalized spacial score (nSPS) is 10.7. The summed E-state index contributed by atoms with van der Waals surface area (Å²) in [7, 11) is 0. The van der Waals surface area contributed by atoms with Gasteiger partial charge in [-0.1, -0.05) is 60.1 Å². The minimum atomic E-state index is -0.323. The molecular weight excluding hydrogens is 436 g/mol. The number of nitrogens with one attached hydrogen (secondary N) is 1. The highest BCUT2D eigenvalue weighted by molar-refractivity contribution is 6.33. The molecule has 0 saturated heterocycles. The number of carbonyl (C=O) groups excluding carboxylic acids is 1. The van der Waals surface area contributed by atoms with Crippen LogP contribution in [0.15, 0.2) is 102 Å². The summed E-state index contributed by atoms with van der Waals surface area (Å²) in [6.07, 6.45) is 1.54. The first-order chi connectivity index (χ1) is 16.2. The van der Waals surface area contributed by atoms with Gasteiger partial charge >= 0.3 is 0 Å². The highest BCUT2D eigenvalue weighted by Gasteiger charge is 2.14. The third-order valence-electron chi connectivity index (χ3n) is 5.07. The molecule has 3 aromatic carbocycles. The fourth-order valence-corrected chi connectivity index (χ4v) is 3.62. The molecule has 0 fully saturated rings. The van der Waals surface area contributed by atoms with Crippen molar-refractivity contribution in [2.45, 2.75) is 0 Å². The molecule has 0 aliphatic carbocycles. The molecule has 0 saturated carbocycles. The van der Waals surface area contributed by atoms with Crippen molar-refractivity contribution >= 4 is 23.2 Å². The van der Waals surface area contributed by atoms with Crippen LogP contribution in [0.25, 0.3) is 34.0 Å². The Bertz CT molecular complexity index is 1420. The molecule has 7 heteroatoms. The van der Waals surface area contributed by atoms with E-state index in [1.807, 2.05) is 78.9 Å². The molecule has 160 valence electrons. The molecule has 1 amide bonds. The molecule has 0 radical (unpaired) electrons. The number of aromatic nitrogens is 3. The van der Waals surface area contributed by atoms with Gasteiger partial charge in [-0.2, -0.15) is 0 Å². The predicted molar refractivity (Wildman–Crippen MR) is 128 cm³/mol. The van der Waals surface area contributed by atoms with Crippen molar-refractivity contribution in [3.05, 3.63) is 108 Å². The lowest BCUT2D eigenvalue weighted by atomic mass is 10.0. The SMILES string of the molecule is O=C(Nc1ccccc1-c1ccc(-c2nnc(-c3ccccc3)o2)cc1)c1cccnc1Cl. The van der Waals surface area contributed by atoms with Crippen LogP contribution in [0.4, 0.5) is 5.69 Å². The van der Waals surface area contributed by atoms with Crippen molar-refractivity contribution < 1.29 is 9.21 Å². The van der Waals surface area contributed by atoms with Crippen molar-refractivity contribution in [3.8, 4) is 34.0 Å². The molecule has 5 aromatic rings. The summed E-state index contributed by atoms with van der Waals surface area (Å²) >= 11 is 6.07. The van der Waals surface area contributed by atoms with Crippen LogP contribution in [0.1, 0.15) is 10.4 Å². The Morgan fingerprint density at radius 3 is 2.09 bits per heavy atom. The predicted octanol–water partition coefficient (Wildman–Crippen LogP) is 6.37. The lowest BCUT2D eigenvalue weighted by Gasteiger charge is -2.12. The van der Waals surface area contributed by atoms with Crippen molar-refractivity contribution in [2.24, 2.45) is 0 Å². The first kappa shape index (κ1) is 20.6. The van der Waals surface area contributed by atoms with Crippen molar-refractivity contribution in [1.82, 2.24) is 15.2 Å². The van der Waals surface area contributed by atoms with Crippen molar-refractivity contribution in [2.75, 3.05) is 5.32 Å². The highest BCUT2D eigenvalue weighted by Crippen LogP contribution is 2.31. The van der Waals surface area contributed by atoms with Gasteiger partial charge in [0, 0.05) is 28.6 Å². The van der Waals surface area contributed by atoms with E-state index in [-0.39, 0.29) is 11.1 Å². The number of carbonyl (C=O) groups is 1. The summed E-state index contributed by atoms with van der Waals surface area (Å²) in [6, 6.07) is 28.2. The molecule has 2 aromatic heterocycles. The molecule has 0 bridgehead atoms. The molecule has 1 N–H and O–H groups in total. The Morgan fingerprint density at radius 1 is 0.727 bits per heavy atom. The average Bonchev–Trinajstić information content (AvgIpc) is 3.36. The number of benzene rings is 3. The van der Waals surface area contributed by atoms with E-state index in [1.54, 1.807) is 18.3 Å². The second kappa shape index (κ2) is 9.06. The number of rotatable bonds is 5. The number of nitrogens with zero attached hydrogens (tertiary/aromatic N) is 3. The third-order valence-corrected chi connectivity index (χ3v) is 5.37. The molecule has 0 atom stereocenters. The first-order valence-corrected chi connectivity index (χ1v) is 10.6. The molecule has 5 rings (SSSR count). The Morgan fingerprint density at radius 2 is 1.36 bits per heavy atom. The van der Waals surface area contributed by atoms with E-state index in [0.717, 1.165) is 22.3 Å². The molecule has 6 nitrogen and oxygen atoms in total. The third kappa shape index (κ3) is 4.37. The highest BCUT2D eigenvalue weighted by atomic mass is 35.5. The van der Waals surface area contributed by atoms with E-state index < -0.39 is 0 Å². The Balaban J connectivity index is 1.40. The first-order valence-electron chi connectivity index (χ1n) is 10.2. The number of hydrogen-bond acceptors (Lipinski definition) is 5. The summed E-state index contributed by atoms with van der Waals surface area (Å²) in [5, 5.41) is 11.4. The number of anilines is 1. The summed E-state index contributed by atoms with van der Waals surface area (Å²) in [4.78, 5) is 16.7. The van der Waals surface area contributed by atoms with E-state index in [2.05, 4.69) is 20.5 Å². The van der Waals surface area contributed by atoms with Crippen molar-refractivity contribution in [1.29, 1.82) is 0 Å². The number of pyridine rings is 1. The van der Waals surface area contributed by atoms with Gasteiger partial charge in [0.15, 0.2) is 0 Å². The Labute approximate surface area is 194 Å². The van der Waals surface area contributed by atoms with Gasteiger partial charge in [0.2, 0.25) is 11.8 Å². The summed E-state index contributed by atoms with van der Waals surface area (Å²) < 4.78 is 5.84. The van der Waals surface area contributed by atoms with Crippen LogP contribution in [0.5, 0.6) is 0 Å². The second-order valence-electron chi connectivity index (χ2n) is 7.20. The molecule has 0 unspecified atom stereocenters. The summed E-state index contributed by atoms with van der Waals surface area (Å²) in [5.74, 6) is 0.585. The monoisotopic (exact) mass is 452 g/mol. The van der Waals surface area contributed by atoms with Crippen LogP contribution in [0.2, 0.25) is 5.15 Å². The van der Waals surface area contributed by atoms with Crippen LogP contribution in [-0.4, -0.2) is 21.1 Å². The Hall–Kier alpha value is -4.29. The topological polar surface area (TPSA) is 80.9 Å². The standard InChI is InChI=1S/C26H17ClN4O2/c27-23-21(10-6-16-28-23)24(32)29-22-11-5-4-9-20(22)17-12-14-19(15-13-17)26-31-30-25(33-26)18-7-2-1-3-8-18/h1-16H,(H,29,32). The van der Waals surface area contributed by atoms with Gasteiger partial charge in [-0.05, 0) is 48.0 Å². The maximum absolute atomic E-state index is 12.7. The zero-order valence-electron chi connectivity index (χ0n) is 17.3. The molecule has 33 heavy (non-hydrogen) atoms. The summed E-state index contributed by atoms with van der Waals surface area (Å²) in [6.45, 7) is 0. The number of para-hydroxylation sites is 1. The minimum absolute atomic E-state index is 0.159.